The van der Waals surface area contributed by atoms with Crippen molar-refractivity contribution in [2.45, 2.75) is 26.9 Å². The average Bonchev–Trinajstić information content (AvgIpc) is 2.58. The number of carbonyl (C=O) groups excluding carboxylic acids is 1. The normalized spacial score (nSPS) is 14.0. The fraction of sp³-hybridized carbons (Fsp3) is 0.316. The van der Waals surface area contributed by atoms with E-state index in [-0.39, 0.29) is 5.91 Å². The lowest BCUT2D eigenvalue weighted by Gasteiger charge is -2.20. The van der Waals surface area contributed by atoms with Crippen LogP contribution < -0.4 is 19.5 Å². The SMILES string of the molecule is Cc1ccc(C)c(O[C@H](C)C(=O)Nc2ccc3c(c2)OCCO3)c1. The van der Waals surface area contributed by atoms with Crippen LogP contribution >= 0.6 is 0 Å². The number of hydrogen-bond donors (Lipinski definition) is 1. The number of hydrogen-bond acceptors (Lipinski definition) is 4. The molecule has 0 unspecified atom stereocenters. The van der Waals surface area contributed by atoms with Crippen LogP contribution in [0.15, 0.2) is 36.4 Å². The third-order valence-corrected chi connectivity index (χ3v) is 3.83. The Bertz CT molecular complexity index is 757. The van der Waals surface area contributed by atoms with Crippen LogP contribution in [0, 0.1) is 13.8 Å². The molecule has 0 saturated heterocycles. The van der Waals surface area contributed by atoms with Crippen LogP contribution in [0.25, 0.3) is 0 Å². The molecule has 2 aromatic carbocycles. The van der Waals surface area contributed by atoms with E-state index in [9.17, 15) is 4.79 Å². The van der Waals surface area contributed by atoms with Gasteiger partial charge in [-0.3, -0.25) is 4.79 Å². The second kappa shape index (κ2) is 6.83. The van der Waals surface area contributed by atoms with E-state index in [4.69, 9.17) is 14.2 Å². The third-order valence-electron chi connectivity index (χ3n) is 3.83. The van der Waals surface area contributed by atoms with Crippen molar-refractivity contribution in [1.82, 2.24) is 0 Å². The largest absolute Gasteiger partial charge is 0.486 e. The third kappa shape index (κ3) is 3.62. The molecule has 3 rings (SSSR count). The fourth-order valence-corrected chi connectivity index (χ4v) is 2.44. The summed E-state index contributed by atoms with van der Waals surface area (Å²) in [5.74, 6) is 1.84. The van der Waals surface area contributed by atoms with Gasteiger partial charge >= 0.3 is 0 Å². The van der Waals surface area contributed by atoms with Crippen LogP contribution in [-0.4, -0.2) is 25.2 Å². The minimum Gasteiger partial charge on any atom is -0.486 e. The van der Waals surface area contributed by atoms with Crippen molar-refractivity contribution in [3.63, 3.8) is 0 Å². The van der Waals surface area contributed by atoms with Crippen molar-refractivity contribution < 1.29 is 19.0 Å². The van der Waals surface area contributed by atoms with Gasteiger partial charge in [-0.2, -0.15) is 0 Å². The van der Waals surface area contributed by atoms with Crippen molar-refractivity contribution in [3.05, 3.63) is 47.5 Å². The molecule has 24 heavy (non-hydrogen) atoms. The van der Waals surface area contributed by atoms with Crippen LogP contribution in [0.2, 0.25) is 0 Å². The lowest BCUT2D eigenvalue weighted by atomic mass is 10.1. The summed E-state index contributed by atoms with van der Waals surface area (Å²) in [5, 5.41) is 2.85. The molecule has 1 aliphatic heterocycles. The Morgan fingerprint density at radius 2 is 1.83 bits per heavy atom. The van der Waals surface area contributed by atoms with Gasteiger partial charge in [0.1, 0.15) is 19.0 Å². The second-order valence-corrected chi connectivity index (χ2v) is 5.88. The summed E-state index contributed by atoms with van der Waals surface area (Å²) in [4.78, 5) is 12.4. The van der Waals surface area contributed by atoms with Crippen molar-refractivity contribution in [2.75, 3.05) is 18.5 Å². The molecule has 1 amide bonds. The monoisotopic (exact) mass is 327 g/mol. The zero-order valence-corrected chi connectivity index (χ0v) is 14.1. The van der Waals surface area contributed by atoms with E-state index in [0.717, 1.165) is 16.9 Å². The molecule has 5 heteroatoms. The Hall–Kier alpha value is -2.69. The number of benzene rings is 2. The van der Waals surface area contributed by atoms with E-state index in [1.54, 1.807) is 25.1 Å². The fourth-order valence-electron chi connectivity index (χ4n) is 2.44. The summed E-state index contributed by atoms with van der Waals surface area (Å²) in [6.45, 7) is 6.73. The predicted molar refractivity (Wildman–Crippen MR) is 92.1 cm³/mol. The molecule has 0 spiro atoms. The van der Waals surface area contributed by atoms with E-state index in [0.29, 0.717) is 30.4 Å². The van der Waals surface area contributed by atoms with Gasteiger partial charge in [0.15, 0.2) is 17.6 Å². The van der Waals surface area contributed by atoms with Crippen molar-refractivity contribution in [3.8, 4) is 17.2 Å². The highest BCUT2D eigenvalue weighted by Crippen LogP contribution is 2.32. The van der Waals surface area contributed by atoms with E-state index in [2.05, 4.69) is 5.32 Å². The highest BCUT2D eigenvalue weighted by Gasteiger charge is 2.18. The standard InChI is InChI=1S/C19H21NO4/c1-12-4-5-13(2)17(10-12)24-14(3)19(21)20-15-6-7-16-18(11-15)23-9-8-22-16/h4-7,10-11,14H,8-9H2,1-3H3,(H,20,21)/t14-/m1/s1. The minimum atomic E-state index is -0.612. The maximum Gasteiger partial charge on any atom is 0.265 e. The molecule has 0 saturated carbocycles. The number of aryl methyl sites for hydroxylation is 2. The van der Waals surface area contributed by atoms with E-state index >= 15 is 0 Å². The number of fused-ring (bicyclic) bond motifs is 1. The van der Waals surface area contributed by atoms with Crippen LogP contribution in [0.5, 0.6) is 17.2 Å². The summed E-state index contributed by atoms with van der Waals surface area (Å²) < 4.78 is 16.8. The topological polar surface area (TPSA) is 56.8 Å². The van der Waals surface area contributed by atoms with Gasteiger partial charge in [0.2, 0.25) is 0 Å². The maximum absolute atomic E-state index is 12.4. The molecule has 1 atom stereocenters. The van der Waals surface area contributed by atoms with Crippen molar-refractivity contribution >= 4 is 11.6 Å². The molecule has 1 aliphatic rings. The second-order valence-electron chi connectivity index (χ2n) is 5.88. The van der Waals surface area contributed by atoms with Gasteiger partial charge in [0.05, 0.1) is 0 Å². The van der Waals surface area contributed by atoms with E-state index < -0.39 is 6.10 Å². The van der Waals surface area contributed by atoms with Crippen LogP contribution in [0.1, 0.15) is 18.1 Å². The lowest BCUT2D eigenvalue weighted by Crippen LogP contribution is -2.30. The van der Waals surface area contributed by atoms with Crippen LogP contribution in [-0.2, 0) is 4.79 Å². The average molecular weight is 327 g/mol. The summed E-state index contributed by atoms with van der Waals surface area (Å²) >= 11 is 0. The van der Waals surface area contributed by atoms with Gasteiger partial charge in [0.25, 0.3) is 5.91 Å². The Morgan fingerprint density at radius 3 is 2.62 bits per heavy atom. The highest BCUT2D eigenvalue weighted by atomic mass is 16.6. The van der Waals surface area contributed by atoms with Gasteiger partial charge in [-0.05, 0) is 50.1 Å². The summed E-state index contributed by atoms with van der Waals surface area (Å²) in [6, 6.07) is 11.3. The smallest absolute Gasteiger partial charge is 0.265 e. The molecule has 1 heterocycles. The molecular weight excluding hydrogens is 306 g/mol. The first-order valence-corrected chi connectivity index (χ1v) is 7.97. The number of ether oxygens (including phenoxy) is 3. The molecule has 0 bridgehead atoms. The van der Waals surface area contributed by atoms with Gasteiger partial charge in [-0.15, -0.1) is 0 Å². The number of rotatable bonds is 4. The zero-order chi connectivity index (χ0) is 17.1. The summed E-state index contributed by atoms with van der Waals surface area (Å²) in [6.07, 6.45) is -0.612. The lowest BCUT2D eigenvalue weighted by molar-refractivity contribution is -0.122. The molecule has 1 N–H and O–H groups in total. The van der Waals surface area contributed by atoms with Crippen molar-refractivity contribution in [1.29, 1.82) is 0 Å². The number of amides is 1. The van der Waals surface area contributed by atoms with Crippen LogP contribution in [0.3, 0.4) is 0 Å². The highest BCUT2D eigenvalue weighted by molar-refractivity contribution is 5.94. The van der Waals surface area contributed by atoms with Crippen LogP contribution in [0.4, 0.5) is 5.69 Å². The summed E-state index contributed by atoms with van der Waals surface area (Å²) in [5.41, 5.74) is 2.75. The minimum absolute atomic E-state index is 0.215. The molecule has 126 valence electrons. The zero-order valence-electron chi connectivity index (χ0n) is 14.1. The Labute approximate surface area is 141 Å². The number of carbonyl (C=O) groups is 1. The Kier molecular flexibility index (Phi) is 4.60. The Balaban J connectivity index is 1.67. The van der Waals surface area contributed by atoms with Crippen molar-refractivity contribution in [2.24, 2.45) is 0 Å². The Morgan fingerprint density at radius 1 is 1.08 bits per heavy atom. The van der Waals surface area contributed by atoms with Gasteiger partial charge in [0, 0.05) is 11.8 Å². The molecule has 0 fully saturated rings. The van der Waals surface area contributed by atoms with Gasteiger partial charge in [-0.1, -0.05) is 12.1 Å². The number of nitrogens with one attached hydrogen (secondary N) is 1. The quantitative estimate of drug-likeness (QED) is 0.934. The maximum atomic E-state index is 12.4. The predicted octanol–water partition coefficient (Wildman–Crippen LogP) is 3.48. The molecule has 2 aromatic rings. The van der Waals surface area contributed by atoms with E-state index in [1.165, 1.54) is 0 Å². The molecule has 5 nitrogen and oxygen atoms in total. The molecular formula is C19H21NO4. The molecule has 0 radical (unpaired) electrons. The van der Waals surface area contributed by atoms with E-state index in [1.807, 2.05) is 32.0 Å². The van der Waals surface area contributed by atoms with Gasteiger partial charge < -0.3 is 19.5 Å². The van der Waals surface area contributed by atoms with Gasteiger partial charge in [-0.25, -0.2) is 0 Å². The first-order chi connectivity index (χ1) is 11.5. The first kappa shape index (κ1) is 16.2. The molecule has 0 aromatic heterocycles. The molecule has 0 aliphatic carbocycles. The summed E-state index contributed by atoms with van der Waals surface area (Å²) in [7, 11) is 0. The first-order valence-electron chi connectivity index (χ1n) is 7.97. The number of anilines is 1.